The zero-order chi connectivity index (χ0) is 10.8. The van der Waals surface area contributed by atoms with Gasteiger partial charge in [-0.1, -0.05) is 18.2 Å². The Hall–Kier alpha value is -1.84. The molecule has 0 fully saturated rings. The van der Waals surface area contributed by atoms with Crippen LogP contribution in [-0.2, 0) is 20.8 Å². The van der Waals surface area contributed by atoms with Crippen molar-refractivity contribution in [2.45, 2.75) is 19.8 Å². The van der Waals surface area contributed by atoms with Gasteiger partial charge >= 0.3 is 5.97 Å². The summed E-state index contributed by atoms with van der Waals surface area (Å²) in [6, 6.07) is 7.42. The van der Waals surface area contributed by atoms with Gasteiger partial charge in [-0.05, 0) is 18.1 Å². The Morgan fingerprint density at radius 3 is 2.80 bits per heavy atom. The average Bonchev–Trinajstić information content (AvgIpc) is 2.22. The van der Waals surface area contributed by atoms with Crippen molar-refractivity contribution in [3.63, 3.8) is 0 Å². The van der Waals surface area contributed by atoms with Gasteiger partial charge in [-0.25, -0.2) is 4.79 Å². The van der Waals surface area contributed by atoms with E-state index in [1.807, 2.05) is 18.2 Å². The summed E-state index contributed by atoms with van der Waals surface area (Å²) in [6.45, 7) is 1.28. The molecule has 1 heterocycles. The summed E-state index contributed by atoms with van der Waals surface area (Å²) in [5, 5.41) is 1.08. The summed E-state index contributed by atoms with van der Waals surface area (Å²) in [5.41, 5.74) is 1.70. The number of hydrogen-bond acceptors (Lipinski definition) is 3. The molecular formula is C11H11NO3. The number of hydrogen-bond donors (Lipinski definition) is 0. The highest BCUT2D eigenvalue weighted by Crippen LogP contribution is 2.27. The van der Waals surface area contributed by atoms with E-state index in [0.717, 1.165) is 10.6 Å². The molecule has 4 nitrogen and oxygen atoms in total. The fraction of sp³-hybridized carbons (Fsp3) is 0.273. The van der Waals surface area contributed by atoms with E-state index in [0.29, 0.717) is 18.5 Å². The maximum Gasteiger partial charge on any atom is 0.330 e. The number of amides is 1. The molecule has 15 heavy (non-hydrogen) atoms. The normalized spacial score (nSPS) is 14.7. The lowest BCUT2D eigenvalue weighted by Crippen LogP contribution is -2.36. The molecule has 0 bridgehead atoms. The Labute approximate surface area is 87.4 Å². The topological polar surface area (TPSA) is 46.6 Å². The van der Waals surface area contributed by atoms with Crippen molar-refractivity contribution in [2.75, 3.05) is 5.06 Å². The van der Waals surface area contributed by atoms with E-state index in [1.165, 1.54) is 6.92 Å². The predicted octanol–water partition coefficient (Wildman–Crippen LogP) is 1.44. The molecule has 78 valence electrons. The van der Waals surface area contributed by atoms with Crippen LogP contribution in [0.15, 0.2) is 24.3 Å². The number of rotatable bonds is 1. The number of carbonyl (C=O) groups excluding carboxylic acids is 2. The van der Waals surface area contributed by atoms with Crippen LogP contribution in [0.4, 0.5) is 5.69 Å². The minimum atomic E-state index is -0.486. The number of benzene rings is 1. The molecule has 0 saturated carbocycles. The molecule has 1 aliphatic rings. The molecule has 2 rings (SSSR count). The van der Waals surface area contributed by atoms with Crippen LogP contribution in [-0.4, -0.2) is 11.9 Å². The van der Waals surface area contributed by atoms with Gasteiger partial charge in [-0.15, -0.1) is 5.06 Å². The van der Waals surface area contributed by atoms with Crippen molar-refractivity contribution in [3.05, 3.63) is 29.8 Å². The lowest BCUT2D eigenvalue weighted by atomic mass is 10.0. The summed E-state index contributed by atoms with van der Waals surface area (Å²) in [7, 11) is 0. The smallest absolute Gasteiger partial charge is 0.330 e. The largest absolute Gasteiger partial charge is 0.333 e. The third-order valence-electron chi connectivity index (χ3n) is 2.26. The van der Waals surface area contributed by atoms with Crippen LogP contribution in [0.2, 0.25) is 0 Å². The monoisotopic (exact) mass is 205 g/mol. The SMILES string of the molecule is CC(=O)ON1C(=O)CCc2ccccc21. The molecule has 4 heteroatoms. The van der Waals surface area contributed by atoms with Gasteiger partial charge in [-0.3, -0.25) is 4.79 Å². The second kappa shape index (κ2) is 3.73. The van der Waals surface area contributed by atoms with Crippen LogP contribution < -0.4 is 5.06 Å². The van der Waals surface area contributed by atoms with Crippen molar-refractivity contribution in [3.8, 4) is 0 Å². The molecular weight excluding hydrogens is 194 g/mol. The van der Waals surface area contributed by atoms with E-state index in [9.17, 15) is 9.59 Å². The molecule has 0 aromatic heterocycles. The molecule has 1 aromatic rings. The fourth-order valence-electron chi connectivity index (χ4n) is 1.63. The van der Waals surface area contributed by atoms with Crippen LogP contribution in [0, 0.1) is 0 Å². The van der Waals surface area contributed by atoms with Gasteiger partial charge in [0, 0.05) is 13.3 Å². The Kier molecular flexibility index (Phi) is 2.41. The maximum atomic E-state index is 11.5. The van der Waals surface area contributed by atoms with Crippen LogP contribution in [0.25, 0.3) is 0 Å². The Morgan fingerprint density at radius 2 is 2.07 bits per heavy atom. The van der Waals surface area contributed by atoms with E-state index in [-0.39, 0.29) is 5.91 Å². The maximum absolute atomic E-state index is 11.5. The number of nitrogens with zero attached hydrogens (tertiary/aromatic N) is 1. The average molecular weight is 205 g/mol. The molecule has 0 saturated heterocycles. The summed E-state index contributed by atoms with van der Waals surface area (Å²) < 4.78 is 0. The Morgan fingerprint density at radius 1 is 1.33 bits per heavy atom. The molecule has 0 spiro atoms. The van der Waals surface area contributed by atoms with Crippen molar-refractivity contribution < 1.29 is 14.4 Å². The zero-order valence-electron chi connectivity index (χ0n) is 8.40. The number of hydroxylamine groups is 1. The predicted molar refractivity (Wildman–Crippen MR) is 54.0 cm³/mol. The highest BCUT2D eigenvalue weighted by Gasteiger charge is 2.26. The second-order valence-corrected chi connectivity index (χ2v) is 3.40. The number of fused-ring (bicyclic) bond motifs is 1. The zero-order valence-corrected chi connectivity index (χ0v) is 8.40. The van der Waals surface area contributed by atoms with E-state index in [4.69, 9.17) is 4.84 Å². The van der Waals surface area contributed by atoms with Gasteiger partial charge in [0.1, 0.15) is 0 Å². The highest BCUT2D eigenvalue weighted by molar-refractivity contribution is 5.96. The number of carbonyl (C=O) groups is 2. The number of para-hydroxylation sites is 1. The van der Waals surface area contributed by atoms with Gasteiger partial charge < -0.3 is 4.84 Å². The first-order valence-corrected chi connectivity index (χ1v) is 4.78. The molecule has 1 amide bonds. The number of aryl methyl sites for hydroxylation is 1. The Balaban J connectivity index is 2.37. The van der Waals surface area contributed by atoms with Crippen LogP contribution in [0.5, 0.6) is 0 Å². The fourth-order valence-corrected chi connectivity index (χ4v) is 1.63. The summed E-state index contributed by atoms with van der Waals surface area (Å²) in [4.78, 5) is 27.3. The molecule has 0 N–H and O–H groups in total. The number of anilines is 1. The van der Waals surface area contributed by atoms with Crippen molar-refractivity contribution in [1.82, 2.24) is 0 Å². The lowest BCUT2D eigenvalue weighted by molar-refractivity contribution is -0.148. The molecule has 0 unspecified atom stereocenters. The van der Waals surface area contributed by atoms with Crippen LogP contribution in [0.1, 0.15) is 18.9 Å². The van der Waals surface area contributed by atoms with Gasteiger partial charge in [0.15, 0.2) is 0 Å². The quantitative estimate of drug-likeness (QED) is 0.697. The molecule has 0 radical (unpaired) electrons. The summed E-state index contributed by atoms with van der Waals surface area (Å²) >= 11 is 0. The van der Waals surface area contributed by atoms with E-state index >= 15 is 0 Å². The minimum Gasteiger partial charge on any atom is -0.333 e. The molecule has 1 aromatic carbocycles. The highest BCUT2D eigenvalue weighted by atomic mass is 16.7. The van der Waals surface area contributed by atoms with Crippen LogP contribution in [0.3, 0.4) is 0 Å². The third kappa shape index (κ3) is 1.83. The first-order valence-electron chi connectivity index (χ1n) is 4.78. The lowest BCUT2D eigenvalue weighted by Gasteiger charge is -2.26. The van der Waals surface area contributed by atoms with Crippen molar-refractivity contribution in [1.29, 1.82) is 0 Å². The van der Waals surface area contributed by atoms with Gasteiger partial charge in [0.05, 0.1) is 5.69 Å². The van der Waals surface area contributed by atoms with Crippen molar-refractivity contribution in [2.24, 2.45) is 0 Å². The van der Waals surface area contributed by atoms with Gasteiger partial charge in [0.25, 0.3) is 5.91 Å². The van der Waals surface area contributed by atoms with E-state index in [1.54, 1.807) is 6.07 Å². The molecule has 1 aliphatic heterocycles. The minimum absolute atomic E-state index is 0.177. The standard InChI is InChI=1S/C11H11NO3/c1-8(13)15-12-10-5-3-2-4-9(10)6-7-11(12)14/h2-5H,6-7H2,1H3. The second-order valence-electron chi connectivity index (χ2n) is 3.40. The van der Waals surface area contributed by atoms with Gasteiger partial charge in [0.2, 0.25) is 0 Å². The molecule has 0 aliphatic carbocycles. The van der Waals surface area contributed by atoms with E-state index < -0.39 is 5.97 Å². The van der Waals surface area contributed by atoms with Gasteiger partial charge in [-0.2, -0.15) is 0 Å². The first-order chi connectivity index (χ1) is 7.18. The van der Waals surface area contributed by atoms with Crippen LogP contribution >= 0.6 is 0 Å². The first kappa shape index (κ1) is 9.71. The van der Waals surface area contributed by atoms with E-state index in [2.05, 4.69) is 0 Å². The Bertz CT molecular complexity index is 414. The van der Waals surface area contributed by atoms with Crippen molar-refractivity contribution >= 4 is 17.6 Å². The third-order valence-corrected chi connectivity index (χ3v) is 2.26. The summed E-state index contributed by atoms with van der Waals surface area (Å²) in [5.74, 6) is -0.663. The summed E-state index contributed by atoms with van der Waals surface area (Å²) in [6.07, 6.45) is 1.08. The molecule has 0 atom stereocenters.